The van der Waals surface area contributed by atoms with Gasteiger partial charge in [0.1, 0.15) is 11.9 Å². The highest BCUT2D eigenvalue weighted by Crippen LogP contribution is 2.14. The van der Waals surface area contributed by atoms with E-state index in [9.17, 15) is 0 Å². The molecule has 0 bridgehead atoms. The Kier molecular flexibility index (Phi) is 2.35. The lowest BCUT2D eigenvalue weighted by Crippen LogP contribution is -2.35. The van der Waals surface area contributed by atoms with Crippen LogP contribution in [-0.2, 0) is 0 Å². The molecule has 0 radical (unpaired) electrons. The van der Waals surface area contributed by atoms with Gasteiger partial charge in [0.25, 0.3) is 0 Å². The maximum atomic E-state index is 5.51. The predicted molar refractivity (Wildman–Crippen MR) is 58.4 cm³/mol. The van der Waals surface area contributed by atoms with Crippen molar-refractivity contribution in [2.75, 3.05) is 0 Å². The van der Waals surface area contributed by atoms with Gasteiger partial charge in [-0.3, -0.25) is 0 Å². The summed E-state index contributed by atoms with van der Waals surface area (Å²) in [7, 11) is 0. The topological polar surface area (TPSA) is 49.6 Å². The fraction of sp³-hybridized carbons (Fsp3) is 0.333. The summed E-state index contributed by atoms with van der Waals surface area (Å²) in [4.78, 5) is 4.27. The molecule has 5 heteroatoms. The zero-order chi connectivity index (χ0) is 10.1. The summed E-state index contributed by atoms with van der Waals surface area (Å²) in [6, 6.07) is 1.95. The Labute approximate surface area is 87.4 Å². The number of aryl methyl sites for hydroxylation is 2. The second-order valence-electron chi connectivity index (χ2n) is 3.18. The standard InChI is InChI=1S/C9H11N3OS/c1-5-3-7(13-6(5)2)9-10-8(4-14)11-12-9/h3-4,8,11H,1-2H3,(H,10,12). The van der Waals surface area contributed by atoms with Gasteiger partial charge in [-0.1, -0.05) is 12.2 Å². The average Bonchev–Trinajstić information content (AvgIpc) is 2.74. The fourth-order valence-electron chi connectivity index (χ4n) is 1.23. The molecule has 2 rings (SSSR count). The lowest BCUT2D eigenvalue weighted by Gasteiger charge is -1.97. The van der Waals surface area contributed by atoms with Gasteiger partial charge in [-0.05, 0) is 25.5 Å². The van der Waals surface area contributed by atoms with Crippen molar-refractivity contribution in [2.24, 2.45) is 4.99 Å². The summed E-state index contributed by atoms with van der Waals surface area (Å²) in [6.07, 6.45) is -0.147. The lowest BCUT2D eigenvalue weighted by atomic mass is 10.3. The van der Waals surface area contributed by atoms with Gasteiger partial charge in [0, 0.05) is 5.37 Å². The summed E-state index contributed by atoms with van der Waals surface area (Å²) in [5.74, 6) is 2.36. The van der Waals surface area contributed by atoms with Crippen LogP contribution in [0.3, 0.4) is 0 Å². The number of amidine groups is 1. The van der Waals surface area contributed by atoms with Crippen molar-refractivity contribution in [1.82, 2.24) is 10.9 Å². The van der Waals surface area contributed by atoms with Crippen LogP contribution in [0.1, 0.15) is 17.1 Å². The number of thiocarbonyl (C=S) groups is 1. The normalized spacial score (nSPS) is 20.4. The monoisotopic (exact) mass is 209 g/mol. The number of rotatable bonds is 2. The molecule has 0 amide bonds. The first-order valence-corrected chi connectivity index (χ1v) is 4.80. The third-order valence-electron chi connectivity index (χ3n) is 2.13. The number of hydrogen-bond donors (Lipinski definition) is 2. The van der Waals surface area contributed by atoms with E-state index in [0.717, 1.165) is 17.1 Å². The van der Waals surface area contributed by atoms with E-state index < -0.39 is 0 Å². The summed E-state index contributed by atoms with van der Waals surface area (Å²) >= 11 is 4.78. The lowest BCUT2D eigenvalue weighted by molar-refractivity contribution is 0.520. The predicted octanol–water partition coefficient (Wildman–Crippen LogP) is 1.08. The van der Waals surface area contributed by atoms with Crippen molar-refractivity contribution in [3.05, 3.63) is 23.2 Å². The third kappa shape index (κ3) is 1.56. The third-order valence-corrected chi connectivity index (χ3v) is 2.39. The molecule has 1 aromatic rings. The van der Waals surface area contributed by atoms with Gasteiger partial charge in [-0.2, -0.15) is 0 Å². The van der Waals surface area contributed by atoms with Gasteiger partial charge < -0.3 is 9.84 Å². The number of hydrazine groups is 1. The molecule has 4 nitrogen and oxygen atoms in total. The first-order chi connectivity index (χ1) is 6.70. The molecule has 1 atom stereocenters. The maximum absolute atomic E-state index is 5.51. The van der Waals surface area contributed by atoms with E-state index >= 15 is 0 Å². The number of aliphatic imine (C=N–C) groups is 1. The zero-order valence-electron chi connectivity index (χ0n) is 8.00. The molecule has 0 saturated carbocycles. The molecule has 0 aromatic carbocycles. The molecule has 0 aliphatic carbocycles. The molecule has 0 fully saturated rings. The van der Waals surface area contributed by atoms with Crippen molar-refractivity contribution >= 4 is 23.4 Å². The molecule has 1 aliphatic heterocycles. The van der Waals surface area contributed by atoms with Crippen LogP contribution >= 0.6 is 12.2 Å². The van der Waals surface area contributed by atoms with Gasteiger partial charge in [0.05, 0.1) is 0 Å². The molecule has 1 aliphatic rings. The van der Waals surface area contributed by atoms with E-state index in [4.69, 9.17) is 16.6 Å². The summed E-state index contributed by atoms with van der Waals surface area (Å²) in [5, 5.41) is 1.56. The van der Waals surface area contributed by atoms with Gasteiger partial charge in [-0.15, -0.1) is 0 Å². The van der Waals surface area contributed by atoms with Crippen molar-refractivity contribution in [3.8, 4) is 0 Å². The molecule has 74 valence electrons. The number of furan rings is 1. The van der Waals surface area contributed by atoms with E-state index in [1.54, 1.807) is 5.37 Å². The van der Waals surface area contributed by atoms with Gasteiger partial charge >= 0.3 is 0 Å². The van der Waals surface area contributed by atoms with Crippen LogP contribution in [0.15, 0.2) is 15.5 Å². The first kappa shape index (κ1) is 9.36. The average molecular weight is 209 g/mol. The van der Waals surface area contributed by atoms with Crippen molar-refractivity contribution < 1.29 is 4.42 Å². The van der Waals surface area contributed by atoms with Crippen LogP contribution in [0.25, 0.3) is 0 Å². The molecule has 14 heavy (non-hydrogen) atoms. The molecule has 2 heterocycles. The second kappa shape index (κ2) is 3.51. The highest BCUT2D eigenvalue weighted by molar-refractivity contribution is 7.79. The van der Waals surface area contributed by atoms with Crippen molar-refractivity contribution in [3.63, 3.8) is 0 Å². The minimum atomic E-state index is -0.147. The Bertz CT molecular complexity index is 377. The molecular formula is C9H11N3OS. The van der Waals surface area contributed by atoms with Gasteiger partial charge in [-0.25, -0.2) is 10.4 Å². The Hall–Kier alpha value is -1.20. The summed E-state index contributed by atoms with van der Waals surface area (Å²) < 4.78 is 5.51. The Balaban J connectivity index is 2.28. The molecule has 0 saturated heterocycles. The molecular weight excluding hydrogens is 198 g/mol. The van der Waals surface area contributed by atoms with Crippen LogP contribution in [0.4, 0.5) is 0 Å². The minimum Gasteiger partial charge on any atom is -0.458 e. The number of nitrogens with one attached hydrogen (secondary N) is 2. The SMILES string of the molecule is Cc1cc(C2=NC(C=S)NN2)oc1C. The smallest absolute Gasteiger partial charge is 0.181 e. The van der Waals surface area contributed by atoms with E-state index in [1.807, 2.05) is 19.9 Å². The fourth-order valence-corrected chi connectivity index (χ4v) is 1.35. The van der Waals surface area contributed by atoms with Crippen molar-refractivity contribution in [2.45, 2.75) is 20.0 Å². The quantitative estimate of drug-likeness (QED) is 0.715. The summed E-state index contributed by atoms with van der Waals surface area (Å²) in [5.41, 5.74) is 6.95. The Morgan fingerprint density at radius 1 is 1.57 bits per heavy atom. The highest BCUT2D eigenvalue weighted by Gasteiger charge is 2.18. The van der Waals surface area contributed by atoms with Crippen LogP contribution in [-0.4, -0.2) is 17.4 Å². The second-order valence-corrected chi connectivity index (χ2v) is 3.45. The minimum absolute atomic E-state index is 0.147. The zero-order valence-corrected chi connectivity index (χ0v) is 8.81. The Morgan fingerprint density at radius 3 is 2.86 bits per heavy atom. The first-order valence-electron chi connectivity index (χ1n) is 4.33. The molecule has 2 N–H and O–H groups in total. The van der Waals surface area contributed by atoms with Crippen LogP contribution in [0.2, 0.25) is 0 Å². The van der Waals surface area contributed by atoms with Crippen molar-refractivity contribution in [1.29, 1.82) is 0 Å². The molecule has 1 aromatic heterocycles. The van der Waals surface area contributed by atoms with Crippen LogP contribution < -0.4 is 10.9 Å². The molecule has 1 unspecified atom stereocenters. The van der Waals surface area contributed by atoms with Gasteiger partial charge in [0.15, 0.2) is 11.6 Å². The largest absolute Gasteiger partial charge is 0.458 e. The van der Waals surface area contributed by atoms with Gasteiger partial charge in [0.2, 0.25) is 0 Å². The number of hydrogen-bond acceptors (Lipinski definition) is 5. The maximum Gasteiger partial charge on any atom is 0.181 e. The summed E-state index contributed by atoms with van der Waals surface area (Å²) in [6.45, 7) is 3.93. The van der Waals surface area contributed by atoms with Crippen LogP contribution in [0.5, 0.6) is 0 Å². The number of nitrogens with zero attached hydrogens (tertiary/aromatic N) is 1. The van der Waals surface area contributed by atoms with E-state index in [1.165, 1.54) is 0 Å². The van der Waals surface area contributed by atoms with E-state index in [2.05, 4.69) is 15.8 Å². The van der Waals surface area contributed by atoms with E-state index in [0.29, 0.717) is 5.84 Å². The van der Waals surface area contributed by atoms with Crippen LogP contribution in [0, 0.1) is 13.8 Å². The highest BCUT2D eigenvalue weighted by atomic mass is 32.1. The molecule has 0 spiro atoms. The van der Waals surface area contributed by atoms with E-state index in [-0.39, 0.29) is 6.17 Å². The Morgan fingerprint density at radius 2 is 2.36 bits per heavy atom.